The predicted molar refractivity (Wildman–Crippen MR) is 166 cm³/mol. The van der Waals surface area contributed by atoms with Gasteiger partial charge in [-0.15, -0.1) is 0 Å². The van der Waals surface area contributed by atoms with E-state index in [0.717, 1.165) is 39.9 Å². The Kier molecular flexibility index (Phi) is 8.18. The van der Waals surface area contributed by atoms with Crippen molar-refractivity contribution < 1.29 is 0 Å². The summed E-state index contributed by atoms with van der Waals surface area (Å²) in [6.45, 7) is 19.5. The molecule has 4 aromatic rings. The minimum absolute atomic E-state index is 0.983. The normalized spacial score (nSPS) is 11.7. The lowest BCUT2D eigenvalue weighted by Crippen LogP contribution is -2.05. The average Bonchev–Trinajstić information content (AvgIpc) is 2.97. The molecule has 0 saturated carbocycles. The third kappa shape index (κ3) is 5.17. The van der Waals surface area contributed by atoms with Crippen molar-refractivity contribution in [1.29, 1.82) is 0 Å². The van der Waals surface area contributed by atoms with Crippen LogP contribution in [0.15, 0.2) is 117 Å². The molecule has 37 heavy (non-hydrogen) atoms. The fourth-order valence-electron chi connectivity index (χ4n) is 4.84. The summed E-state index contributed by atoms with van der Waals surface area (Å²) >= 11 is 0. The van der Waals surface area contributed by atoms with Crippen LogP contribution in [-0.2, 0) is 0 Å². The molecule has 0 aliphatic carbocycles. The quantitative estimate of drug-likeness (QED) is 0.290. The summed E-state index contributed by atoms with van der Waals surface area (Å²) < 4.78 is 0. The first-order chi connectivity index (χ1) is 18.1. The molecule has 5 rings (SSSR count). The molecule has 1 aliphatic heterocycles. The molecule has 1 aliphatic rings. The second-order valence-electron chi connectivity index (χ2n) is 8.81. The van der Waals surface area contributed by atoms with Crippen LogP contribution in [-0.4, -0.2) is 6.54 Å². The van der Waals surface area contributed by atoms with E-state index in [4.69, 9.17) is 0 Å². The van der Waals surface area contributed by atoms with Gasteiger partial charge in [0.2, 0.25) is 0 Å². The van der Waals surface area contributed by atoms with Gasteiger partial charge in [0, 0.05) is 6.54 Å². The fraction of sp³-hybridized carbons (Fsp3) is 0.0556. The van der Waals surface area contributed by atoms with Crippen molar-refractivity contribution in [1.82, 2.24) is 5.32 Å². The number of allylic oxidation sites excluding steroid dienone is 2. The van der Waals surface area contributed by atoms with E-state index < -0.39 is 0 Å². The first-order valence-corrected chi connectivity index (χ1v) is 12.5. The van der Waals surface area contributed by atoms with E-state index in [-0.39, 0.29) is 0 Å². The van der Waals surface area contributed by atoms with E-state index in [9.17, 15) is 0 Å². The molecule has 1 nitrogen and oxygen atoms in total. The summed E-state index contributed by atoms with van der Waals surface area (Å²) in [5.41, 5.74) is 10.2. The summed E-state index contributed by atoms with van der Waals surface area (Å²) in [5.74, 6) is 0. The predicted octanol–water partition coefficient (Wildman–Crippen LogP) is 9.71. The van der Waals surface area contributed by atoms with Crippen LogP contribution in [0.2, 0.25) is 0 Å². The highest BCUT2D eigenvalue weighted by Crippen LogP contribution is 2.44. The van der Waals surface area contributed by atoms with Crippen LogP contribution in [0.5, 0.6) is 0 Å². The van der Waals surface area contributed by atoms with Gasteiger partial charge in [0.25, 0.3) is 0 Å². The Balaban J connectivity index is 0.000000469. The van der Waals surface area contributed by atoms with Gasteiger partial charge in [-0.3, -0.25) is 0 Å². The van der Waals surface area contributed by atoms with Gasteiger partial charge in [0.15, 0.2) is 0 Å². The molecule has 0 aromatic heterocycles. The highest BCUT2D eigenvalue weighted by molar-refractivity contribution is 6.12. The lowest BCUT2D eigenvalue weighted by atomic mass is 9.81. The standard InChI is InChI=1S/C31H26.C5H7N/c1-6-22-13-12-16-27(24(22)7-2)31-26(9-4)25(8-3)30(23-19-17-21(5)18-20-23)28-14-10-11-15-29(28)31;1-2-4-6-5-3-1/h6-20H,1-4H2,5H3;1-4,6H,5H2. The van der Waals surface area contributed by atoms with Crippen LogP contribution < -0.4 is 5.32 Å². The first-order valence-electron chi connectivity index (χ1n) is 12.5. The lowest BCUT2D eigenvalue weighted by molar-refractivity contribution is 0.972. The average molecular weight is 480 g/mol. The van der Waals surface area contributed by atoms with Crippen LogP contribution >= 0.6 is 0 Å². The summed E-state index contributed by atoms with van der Waals surface area (Å²) in [6.07, 6.45) is 15.7. The minimum Gasteiger partial charge on any atom is -0.387 e. The highest BCUT2D eigenvalue weighted by Gasteiger charge is 2.20. The van der Waals surface area contributed by atoms with Gasteiger partial charge in [0.1, 0.15) is 0 Å². The van der Waals surface area contributed by atoms with Gasteiger partial charge >= 0.3 is 0 Å². The Morgan fingerprint density at radius 1 is 0.649 bits per heavy atom. The summed E-state index contributed by atoms with van der Waals surface area (Å²) in [5, 5.41) is 5.40. The molecule has 0 amide bonds. The van der Waals surface area contributed by atoms with Crippen LogP contribution in [0.3, 0.4) is 0 Å². The molecule has 0 unspecified atom stereocenters. The maximum atomic E-state index is 4.19. The van der Waals surface area contributed by atoms with Crippen molar-refractivity contribution in [2.45, 2.75) is 6.92 Å². The van der Waals surface area contributed by atoms with Crippen molar-refractivity contribution in [2.75, 3.05) is 6.54 Å². The lowest BCUT2D eigenvalue weighted by Gasteiger charge is -2.21. The Morgan fingerprint density at radius 3 is 1.81 bits per heavy atom. The molecule has 0 atom stereocenters. The highest BCUT2D eigenvalue weighted by atomic mass is 14.8. The van der Waals surface area contributed by atoms with Crippen LogP contribution in [0.25, 0.3) is 57.3 Å². The Bertz CT molecular complexity index is 1520. The number of rotatable bonds is 6. The van der Waals surface area contributed by atoms with Crippen molar-refractivity contribution in [2.24, 2.45) is 0 Å². The molecule has 0 bridgehead atoms. The van der Waals surface area contributed by atoms with Crippen molar-refractivity contribution in [3.8, 4) is 22.3 Å². The molecule has 0 spiro atoms. The summed E-state index contributed by atoms with van der Waals surface area (Å²) in [6, 6.07) is 23.5. The minimum atomic E-state index is 0.983. The SMILES string of the molecule is C1=CCNC=C1.C=Cc1cccc(-c2c(C=C)c(C=C)c(-c3ccc(C)cc3)c3ccccc23)c1C=C. The molecular formula is C36H33N. The number of aryl methyl sites for hydroxylation is 1. The van der Waals surface area contributed by atoms with Gasteiger partial charge < -0.3 is 5.32 Å². The van der Waals surface area contributed by atoms with Gasteiger partial charge in [-0.05, 0) is 74.5 Å². The Labute approximate surface area is 221 Å². The molecule has 4 aromatic carbocycles. The number of hydrogen-bond acceptors (Lipinski definition) is 1. The number of fused-ring (bicyclic) bond motifs is 1. The van der Waals surface area contributed by atoms with Crippen LogP contribution in [0, 0.1) is 6.92 Å². The van der Waals surface area contributed by atoms with Gasteiger partial charge in [-0.25, -0.2) is 0 Å². The molecule has 1 heteroatoms. The van der Waals surface area contributed by atoms with Gasteiger partial charge in [0.05, 0.1) is 0 Å². The second-order valence-corrected chi connectivity index (χ2v) is 8.81. The maximum absolute atomic E-state index is 4.19. The molecule has 0 fully saturated rings. The summed E-state index contributed by atoms with van der Waals surface area (Å²) in [4.78, 5) is 0. The van der Waals surface area contributed by atoms with E-state index in [1.54, 1.807) is 0 Å². The summed E-state index contributed by atoms with van der Waals surface area (Å²) in [7, 11) is 0. The third-order valence-corrected chi connectivity index (χ3v) is 6.57. The van der Waals surface area contributed by atoms with Crippen molar-refractivity contribution in [3.63, 3.8) is 0 Å². The molecule has 182 valence electrons. The fourth-order valence-corrected chi connectivity index (χ4v) is 4.84. The zero-order valence-corrected chi connectivity index (χ0v) is 21.5. The van der Waals surface area contributed by atoms with E-state index >= 15 is 0 Å². The van der Waals surface area contributed by atoms with E-state index in [1.165, 1.54) is 27.5 Å². The van der Waals surface area contributed by atoms with Crippen LogP contribution in [0.4, 0.5) is 0 Å². The Morgan fingerprint density at radius 2 is 1.30 bits per heavy atom. The molecule has 1 heterocycles. The number of dihydropyridines is 1. The second kappa shape index (κ2) is 11.9. The van der Waals surface area contributed by atoms with Gasteiger partial charge in [-0.1, -0.05) is 135 Å². The molecule has 0 saturated heterocycles. The Hall–Kier alpha value is -4.62. The molecule has 0 radical (unpaired) electrons. The molecule has 1 N–H and O–H groups in total. The van der Waals surface area contributed by atoms with E-state index in [2.05, 4.69) is 111 Å². The number of nitrogens with one attached hydrogen (secondary N) is 1. The largest absolute Gasteiger partial charge is 0.387 e. The van der Waals surface area contributed by atoms with Crippen LogP contribution in [0.1, 0.15) is 27.8 Å². The molecular weight excluding hydrogens is 446 g/mol. The maximum Gasteiger partial charge on any atom is 0.0328 e. The van der Waals surface area contributed by atoms with Crippen molar-refractivity contribution in [3.05, 3.63) is 145 Å². The first kappa shape index (κ1) is 25.5. The van der Waals surface area contributed by atoms with Gasteiger partial charge in [-0.2, -0.15) is 0 Å². The zero-order chi connectivity index (χ0) is 26.2. The third-order valence-electron chi connectivity index (χ3n) is 6.57. The zero-order valence-electron chi connectivity index (χ0n) is 21.5. The van der Waals surface area contributed by atoms with E-state index in [0.29, 0.717) is 0 Å². The van der Waals surface area contributed by atoms with E-state index in [1.807, 2.05) is 42.7 Å². The topological polar surface area (TPSA) is 12.0 Å². The van der Waals surface area contributed by atoms with Crippen molar-refractivity contribution >= 4 is 35.1 Å². The number of benzene rings is 4. The number of hydrogen-bond donors (Lipinski definition) is 1. The monoisotopic (exact) mass is 479 g/mol. The smallest absolute Gasteiger partial charge is 0.0328 e.